The molecule has 0 spiro atoms. The molecule has 0 amide bonds. The number of rotatable bonds is 4. The van der Waals surface area contributed by atoms with Gasteiger partial charge >= 0.3 is 5.13 Å². The molecule has 0 radical (unpaired) electrons. The summed E-state index contributed by atoms with van der Waals surface area (Å²) in [5.41, 5.74) is 5.91. The molecule has 4 aromatic rings. The Bertz CT molecular complexity index is 1210. The normalized spacial score (nSPS) is 12.1. The number of thiazole rings is 1. The highest BCUT2D eigenvalue weighted by atomic mass is 32.1. The number of hydrogen-bond acceptors (Lipinski definition) is 3. The summed E-state index contributed by atoms with van der Waals surface area (Å²) in [5.74, 6) is 0.405. The number of nitrogens with one attached hydrogen (secondary N) is 1. The lowest BCUT2D eigenvalue weighted by atomic mass is 9.78. The van der Waals surface area contributed by atoms with E-state index in [1.165, 1.54) is 0 Å². The molecular weight excluding hydrogens is 424 g/mol. The van der Waals surface area contributed by atoms with Crippen LogP contribution in [0.1, 0.15) is 52.7 Å². The fourth-order valence-electron chi connectivity index (χ4n) is 4.01. The topological polar surface area (TPSA) is 36.1 Å². The molecule has 0 atom stereocenters. The van der Waals surface area contributed by atoms with Gasteiger partial charge in [0.25, 0.3) is 0 Å². The van der Waals surface area contributed by atoms with Gasteiger partial charge in [-0.3, -0.25) is 0 Å². The Hall–Kier alpha value is -3.11. The molecule has 1 heterocycles. The molecule has 0 unspecified atom stereocenters. The second-order valence-corrected chi connectivity index (χ2v) is 11.4. The minimum absolute atomic E-state index is 0.182. The molecule has 0 aliphatic rings. The zero-order chi connectivity index (χ0) is 23.8. The number of phenols is 1. The average Bonchev–Trinajstić information content (AvgIpc) is 3.17. The molecule has 0 aliphatic carbocycles. The van der Waals surface area contributed by atoms with Crippen molar-refractivity contribution in [2.24, 2.45) is 0 Å². The molecule has 170 valence electrons. The first-order valence-corrected chi connectivity index (χ1v) is 12.2. The summed E-state index contributed by atoms with van der Waals surface area (Å²) in [5, 5.41) is 18.0. The number of para-hydroxylation sites is 2. The van der Waals surface area contributed by atoms with Crippen LogP contribution in [0.5, 0.6) is 5.75 Å². The lowest BCUT2D eigenvalue weighted by Crippen LogP contribution is -2.33. The molecule has 33 heavy (non-hydrogen) atoms. The van der Waals surface area contributed by atoms with Crippen molar-refractivity contribution in [1.82, 2.24) is 0 Å². The second kappa shape index (κ2) is 8.68. The summed E-state index contributed by atoms with van der Waals surface area (Å²) in [6, 6.07) is 25.0. The van der Waals surface area contributed by atoms with Crippen molar-refractivity contribution in [1.29, 1.82) is 0 Å². The van der Waals surface area contributed by atoms with Gasteiger partial charge in [0.1, 0.15) is 17.1 Å². The van der Waals surface area contributed by atoms with Gasteiger partial charge < -0.3 is 5.11 Å². The molecule has 3 aromatic carbocycles. The smallest absolute Gasteiger partial charge is 0.344 e. The first kappa shape index (κ1) is 23.1. The molecule has 0 saturated carbocycles. The molecule has 2 N–H and O–H groups in total. The van der Waals surface area contributed by atoms with Crippen molar-refractivity contribution in [2.75, 3.05) is 5.32 Å². The first-order chi connectivity index (χ1) is 15.6. The lowest BCUT2D eigenvalue weighted by Gasteiger charge is -2.28. The van der Waals surface area contributed by atoms with Crippen molar-refractivity contribution in [3.8, 4) is 22.7 Å². The maximum Gasteiger partial charge on any atom is 0.344 e. The van der Waals surface area contributed by atoms with Crippen LogP contribution in [0, 0.1) is 0 Å². The maximum absolute atomic E-state index is 11.2. The molecule has 4 rings (SSSR count). The van der Waals surface area contributed by atoms with Gasteiger partial charge in [0.05, 0.1) is 0 Å². The van der Waals surface area contributed by atoms with E-state index < -0.39 is 0 Å². The first-order valence-electron chi connectivity index (χ1n) is 11.3. The van der Waals surface area contributed by atoms with Crippen LogP contribution in [0.2, 0.25) is 0 Å². The molecule has 0 aliphatic heterocycles. The molecule has 3 nitrogen and oxygen atoms in total. The number of aromatic nitrogens is 1. The van der Waals surface area contributed by atoms with E-state index in [2.05, 4.69) is 105 Å². The van der Waals surface area contributed by atoms with E-state index in [1.54, 1.807) is 11.3 Å². The number of aromatic hydroxyl groups is 1. The van der Waals surface area contributed by atoms with Gasteiger partial charge in [0, 0.05) is 22.1 Å². The van der Waals surface area contributed by atoms with Crippen LogP contribution in [0.25, 0.3) is 16.9 Å². The van der Waals surface area contributed by atoms with Crippen LogP contribution < -0.4 is 9.88 Å². The third-order valence-corrected chi connectivity index (χ3v) is 6.64. The molecule has 0 bridgehead atoms. The Labute approximate surface area is 201 Å². The van der Waals surface area contributed by atoms with Crippen LogP contribution in [-0.2, 0) is 10.8 Å². The number of phenolic OH excluding ortho intramolecular Hbond substituents is 1. The zero-order valence-electron chi connectivity index (χ0n) is 20.3. The third kappa shape index (κ3) is 4.81. The van der Waals surface area contributed by atoms with E-state index in [0.29, 0.717) is 5.75 Å². The zero-order valence-corrected chi connectivity index (χ0v) is 21.1. The SMILES string of the molecule is CC(C)(C)c1cc(-c2csc(Nc3ccccc3)[n+]2-c2ccccc2)cc(C(C)(C)C)c1O. The summed E-state index contributed by atoms with van der Waals surface area (Å²) >= 11 is 1.68. The quantitative estimate of drug-likeness (QED) is 0.308. The highest BCUT2D eigenvalue weighted by Gasteiger charge is 2.29. The Morgan fingerprint density at radius 1 is 0.758 bits per heavy atom. The lowest BCUT2D eigenvalue weighted by molar-refractivity contribution is -0.563. The number of hydrogen-bond donors (Lipinski definition) is 2. The summed E-state index contributed by atoms with van der Waals surface area (Å²) in [7, 11) is 0. The highest BCUT2D eigenvalue weighted by Crippen LogP contribution is 2.42. The van der Waals surface area contributed by atoms with Crippen LogP contribution in [0.15, 0.2) is 78.2 Å². The van der Waals surface area contributed by atoms with Crippen LogP contribution >= 0.6 is 11.3 Å². The molecule has 0 fully saturated rings. The summed E-state index contributed by atoms with van der Waals surface area (Å²) in [6.07, 6.45) is 0. The fraction of sp³-hybridized carbons (Fsp3) is 0.276. The Kier molecular flexibility index (Phi) is 6.06. The Morgan fingerprint density at radius 3 is 1.79 bits per heavy atom. The minimum Gasteiger partial charge on any atom is -0.507 e. The monoisotopic (exact) mass is 457 g/mol. The molecular formula is C29H33N2OS+. The third-order valence-electron chi connectivity index (χ3n) is 5.79. The highest BCUT2D eigenvalue weighted by molar-refractivity contribution is 7.13. The molecule has 4 heteroatoms. The van der Waals surface area contributed by atoms with Gasteiger partial charge in [0.15, 0.2) is 5.69 Å². The van der Waals surface area contributed by atoms with Crippen molar-refractivity contribution in [2.45, 2.75) is 52.4 Å². The van der Waals surface area contributed by atoms with Crippen LogP contribution in [-0.4, -0.2) is 5.11 Å². The van der Waals surface area contributed by atoms with Gasteiger partial charge in [0.2, 0.25) is 0 Å². The van der Waals surface area contributed by atoms with E-state index in [1.807, 2.05) is 24.3 Å². The van der Waals surface area contributed by atoms with Gasteiger partial charge in [-0.05, 0) is 47.2 Å². The van der Waals surface area contributed by atoms with Crippen molar-refractivity contribution in [3.63, 3.8) is 0 Å². The van der Waals surface area contributed by atoms with Gasteiger partial charge in [-0.1, -0.05) is 89.3 Å². The number of nitrogens with zero attached hydrogens (tertiary/aromatic N) is 1. The second-order valence-electron chi connectivity index (χ2n) is 10.5. The molecule has 1 aromatic heterocycles. The van der Waals surface area contributed by atoms with Gasteiger partial charge in [-0.15, -0.1) is 0 Å². The largest absolute Gasteiger partial charge is 0.507 e. The summed E-state index contributed by atoms with van der Waals surface area (Å²) < 4.78 is 2.27. The number of anilines is 2. The van der Waals surface area contributed by atoms with Crippen molar-refractivity contribution in [3.05, 3.63) is 89.3 Å². The fourth-order valence-corrected chi connectivity index (χ4v) is 4.96. The Balaban J connectivity index is 1.96. The average molecular weight is 458 g/mol. The standard InChI is InChI=1S/C29H32N2OS/c1-28(2,3)23-17-20(18-24(26(23)32)29(4,5)6)25-19-33-27(30-21-13-9-7-10-14-21)31(25)22-15-11-8-12-16-22/h7-19,32H,1-6H3/p+1. The van der Waals surface area contributed by atoms with E-state index in [-0.39, 0.29) is 10.8 Å². The van der Waals surface area contributed by atoms with Crippen LogP contribution in [0.4, 0.5) is 10.8 Å². The van der Waals surface area contributed by atoms with Gasteiger partial charge in [-0.25, -0.2) is 5.32 Å². The van der Waals surface area contributed by atoms with E-state index in [9.17, 15) is 5.11 Å². The predicted octanol–water partition coefficient (Wildman–Crippen LogP) is 7.74. The maximum atomic E-state index is 11.2. The van der Waals surface area contributed by atoms with E-state index in [4.69, 9.17) is 0 Å². The van der Waals surface area contributed by atoms with Crippen molar-refractivity contribution >= 4 is 22.2 Å². The number of benzene rings is 3. The minimum atomic E-state index is -0.182. The van der Waals surface area contributed by atoms with E-state index in [0.717, 1.165) is 38.9 Å². The van der Waals surface area contributed by atoms with Crippen molar-refractivity contribution < 1.29 is 9.67 Å². The summed E-state index contributed by atoms with van der Waals surface area (Å²) in [6.45, 7) is 12.9. The summed E-state index contributed by atoms with van der Waals surface area (Å²) in [4.78, 5) is 0. The molecule has 0 saturated heterocycles. The van der Waals surface area contributed by atoms with Gasteiger partial charge in [-0.2, -0.15) is 4.57 Å². The van der Waals surface area contributed by atoms with Crippen LogP contribution in [0.3, 0.4) is 0 Å². The van der Waals surface area contributed by atoms with E-state index >= 15 is 0 Å². The Morgan fingerprint density at radius 2 is 1.27 bits per heavy atom. The predicted molar refractivity (Wildman–Crippen MR) is 140 cm³/mol.